The van der Waals surface area contributed by atoms with Crippen LogP contribution in [-0.2, 0) is 7.05 Å². The minimum absolute atomic E-state index is 0. The highest BCUT2D eigenvalue weighted by molar-refractivity contribution is 14.0. The molecule has 3 N–H and O–H groups in total. The SMILES string of the molecule is CCNC(=NCC(c1cnn(C)c1)N(C)C)NCC(O)c1ccc(OC(C)C)cc1.I. The molecule has 2 rings (SSSR count). The van der Waals surface area contributed by atoms with E-state index in [0.29, 0.717) is 19.0 Å². The van der Waals surface area contributed by atoms with Crippen molar-refractivity contribution in [2.24, 2.45) is 12.0 Å². The van der Waals surface area contributed by atoms with Crippen LogP contribution in [0.4, 0.5) is 0 Å². The van der Waals surface area contributed by atoms with Crippen LogP contribution in [0.3, 0.4) is 0 Å². The van der Waals surface area contributed by atoms with Gasteiger partial charge in [-0.05, 0) is 52.6 Å². The molecule has 0 aliphatic carbocycles. The average molecular weight is 544 g/mol. The fraction of sp³-hybridized carbons (Fsp3) is 0.545. The van der Waals surface area contributed by atoms with Crippen LogP contribution in [-0.4, -0.2) is 65.6 Å². The average Bonchev–Trinajstić information content (AvgIpc) is 3.11. The summed E-state index contributed by atoms with van der Waals surface area (Å²) in [6, 6.07) is 7.66. The highest BCUT2D eigenvalue weighted by Crippen LogP contribution is 2.19. The van der Waals surface area contributed by atoms with Crippen molar-refractivity contribution in [1.82, 2.24) is 25.3 Å². The van der Waals surface area contributed by atoms with E-state index in [2.05, 4.69) is 20.6 Å². The number of halogens is 1. The summed E-state index contributed by atoms with van der Waals surface area (Å²) in [5, 5.41) is 21.3. The Morgan fingerprint density at radius 2 is 1.87 bits per heavy atom. The summed E-state index contributed by atoms with van der Waals surface area (Å²) in [6.45, 7) is 7.67. The van der Waals surface area contributed by atoms with Crippen molar-refractivity contribution in [2.45, 2.75) is 39.0 Å². The van der Waals surface area contributed by atoms with Crippen molar-refractivity contribution < 1.29 is 9.84 Å². The quantitative estimate of drug-likeness (QED) is 0.242. The molecule has 174 valence electrons. The van der Waals surface area contributed by atoms with E-state index in [0.717, 1.165) is 23.4 Å². The number of hydrogen-bond donors (Lipinski definition) is 3. The van der Waals surface area contributed by atoms with Crippen molar-refractivity contribution in [2.75, 3.05) is 33.7 Å². The molecular formula is C22H37IN6O2. The zero-order valence-corrected chi connectivity index (χ0v) is 21.7. The lowest BCUT2D eigenvalue weighted by Crippen LogP contribution is -2.40. The lowest BCUT2D eigenvalue weighted by atomic mass is 10.1. The number of rotatable bonds is 10. The summed E-state index contributed by atoms with van der Waals surface area (Å²) < 4.78 is 7.45. The van der Waals surface area contributed by atoms with Gasteiger partial charge in [0.1, 0.15) is 5.75 Å². The zero-order chi connectivity index (χ0) is 22.1. The van der Waals surface area contributed by atoms with E-state index in [1.807, 2.05) is 78.6 Å². The van der Waals surface area contributed by atoms with Crippen molar-refractivity contribution in [3.63, 3.8) is 0 Å². The molecule has 0 saturated heterocycles. The van der Waals surface area contributed by atoms with Crippen LogP contribution in [0, 0.1) is 0 Å². The number of likely N-dealkylation sites (N-methyl/N-ethyl adjacent to an activating group) is 1. The van der Waals surface area contributed by atoms with Gasteiger partial charge in [0, 0.05) is 31.9 Å². The van der Waals surface area contributed by atoms with E-state index in [1.165, 1.54) is 0 Å². The number of aryl methyl sites for hydroxylation is 1. The van der Waals surface area contributed by atoms with E-state index >= 15 is 0 Å². The van der Waals surface area contributed by atoms with Crippen LogP contribution in [0.1, 0.15) is 44.0 Å². The van der Waals surface area contributed by atoms with E-state index in [1.54, 1.807) is 4.68 Å². The molecule has 0 fully saturated rings. The molecule has 0 saturated carbocycles. The van der Waals surface area contributed by atoms with E-state index in [4.69, 9.17) is 9.73 Å². The van der Waals surface area contributed by atoms with Crippen LogP contribution in [0.15, 0.2) is 41.7 Å². The summed E-state index contributed by atoms with van der Waals surface area (Å²) in [6.07, 6.45) is 3.36. The van der Waals surface area contributed by atoms with Crippen LogP contribution >= 0.6 is 24.0 Å². The molecule has 0 aliphatic heterocycles. The smallest absolute Gasteiger partial charge is 0.191 e. The van der Waals surface area contributed by atoms with Crippen molar-refractivity contribution in [3.05, 3.63) is 47.8 Å². The number of ether oxygens (including phenoxy) is 1. The topological polar surface area (TPSA) is 86.9 Å². The number of guanidine groups is 1. The first kappa shape index (κ1) is 27.2. The Labute approximate surface area is 203 Å². The second kappa shape index (κ2) is 13.5. The van der Waals surface area contributed by atoms with Gasteiger partial charge in [-0.15, -0.1) is 24.0 Å². The van der Waals surface area contributed by atoms with Gasteiger partial charge in [-0.25, -0.2) is 0 Å². The Bertz CT molecular complexity index is 792. The number of benzene rings is 1. The highest BCUT2D eigenvalue weighted by Gasteiger charge is 2.16. The summed E-state index contributed by atoms with van der Waals surface area (Å²) in [5.41, 5.74) is 1.95. The summed E-state index contributed by atoms with van der Waals surface area (Å²) in [7, 11) is 5.97. The third-order valence-corrected chi connectivity index (χ3v) is 4.60. The number of aliphatic imine (C=N–C) groups is 1. The Morgan fingerprint density at radius 1 is 1.19 bits per heavy atom. The second-order valence-electron chi connectivity index (χ2n) is 7.78. The second-order valence-corrected chi connectivity index (χ2v) is 7.78. The van der Waals surface area contributed by atoms with Gasteiger partial charge in [-0.3, -0.25) is 9.67 Å². The molecule has 0 amide bonds. The van der Waals surface area contributed by atoms with Crippen LogP contribution in [0.25, 0.3) is 0 Å². The molecule has 9 heteroatoms. The molecule has 0 aliphatic rings. The predicted octanol–water partition coefficient (Wildman–Crippen LogP) is 2.72. The number of aliphatic hydroxyl groups is 1. The van der Waals surface area contributed by atoms with Gasteiger partial charge in [0.25, 0.3) is 0 Å². The monoisotopic (exact) mass is 544 g/mol. The standard InChI is InChI=1S/C22H36N6O2.HI/c1-7-23-22(24-13-20(27(4)5)18-12-26-28(6)15-18)25-14-21(29)17-8-10-19(11-9-17)30-16(2)3;/h8-12,15-16,20-21,29H,7,13-14H2,1-6H3,(H2,23,24,25);1H. The van der Waals surface area contributed by atoms with Crippen LogP contribution in [0.5, 0.6) is 5.75 Å². The lowest BCUT2D eigenvalue weighted by molar-refractivity contribution is 0.180. The van der Waals surface area contributed by atoms with Gasteiger partial charge in [0.2, 0.25) is 0 Å². The molecule has 0 spiro atoms. The van der Waals surface area contributed by atoms with Crippen LogP contribution < -0.4 is 15.4 Å². The first-order valence-electron chi connectivity index (χ1n) is 10.4. The lowest BCUT2D eigenvalue weighted by Gasteiger charge is -2.22. The third kappa shape index (κ3) is 9.04. The highest BCUT2D eigenvalue weighted by atomic mass is 127. The molecular weight excluding hydrogens is 507 g/mol. The first-order valence-corrected chi connectivity index (χ1v) is 10.4. The molecule has 0 bridgehead atoms. The van der Waals surface area contributed by atoms with Gasteiger partial charge in [0.05, 0.1) is 31.0 Å². The first-order chi connectivity index (χ1) is 14.3. The molecule has 1 aromatic carbocycles. The minimum Gasteiger partial charge on any atom is -0.491 e. The number of nitrogens with zero attached hydrogens (tertiary/aromatic N) is 4. The van der Waals surface area contributed by atoms with Crippen molar-refractivity contribution in [3.8, 4) is 5.75 Å². The zero-order valence-electron chi connectivity index (χ0n) is 19.4. The van der Waals surface area contributed by atoms with Gasteiger partial charge in [-0.2, -0.15) is 5.10 Å². The Kier molecular flexibility index (Phi) is 11.9. The molecule has 0 radical (unpaired) electrons. The largest absolute Gasteiger partial charge is 0.491 e. The Balaban J connectivity index is 0.00000480. The normalized spacial score (nSPS) is 13.6. The fourth-order valence-corrected chi connectivity index (χ4v) is 3.05. The number of nitrogens with one attached hydrogen (secondary N) is 2. The van der Waals surface area contributed by atoms with Gasteiger partial charge in [-0.1, -0.05) is 12.1 Å². The third-order valence-electron chi connectivity index (χ3n) is 4.60. The molecule has 31 heavy (non-hydrogen) atoms. The molecule has 1 aromatic heterocycles. The maximum atomic E-state index is 10.6. The van der Waals surface area contributed by atoms with Crippen LogP contribution in [0.2, 0.25) is 0 Å². The van der Waals surface area contributed by atoms with Crippen molar-refractivity contribution in [1.29, 1.82) is 0 Å². The maximum absolute atomic E-state index is 10.6. The van der Waals surface area contributed by atoms with E-state index in [9.17, 15) is 5.11 Å². The Morgan fingerprint density at radius 3 is 2.39 bits per heavy atom. The summed E-state index contributed by atoms with van der Waals surface area (Å²) in [5.74, 6) is 1.47. The predicted molar refractivity (Wildman–Crippen MR) is 136 cm³/mol. The fourth-order valence-electron chi connectivity index (χ4n) is 3.05. The Hall–Kier alpha value is -1.85. The maximum Gasteiger partial charge on any atom is 0.191 e. The molecule has 2 unspecified atom stereocenters. The summed E-state index contributed by atoms with van der Waals surface area (Å²) >= 11 is 0. The number of hydrogen-bond acceptors (Lipinski definition) is 5. The van der Waals surface area contributed by atoms with E-state index in [-0.39, 0.29) is 36.1 Å². The molecule has 2 aromatic rings. The van der Waals surface area contributed by atoms with E-state index < -0.39 is 6.10 Å². The molecule has 2 atom stereocenters. The van der Waals surface area contributed by atoms with Gasteiger partial charge < -0.3 is 25.4 Å². The molecule has 8 nitrogen and oxygen atoms in total. The molecule has 1 heterocycles. The van der Waals surface area contributed by atoms with Gasteiger partial charge in [0.15, 0.2) is 5.96 Å². The van der Waals surface area contributed by atoms with Gasteiger partial charge >= 0.3 is 0 Å². The summed E-state index contributed by atoms with van der Waals surface area (Å²) in [4.78, 5) is 6.84. The number of aromatic nitrogens is 2. The number of aliphatic hydroxyl groups excluding tert-OH is 1. The van der Waals surface area contributed by atoms with Crippen molar-refractivity contribution >= 4 is 29.9 Å². The minimum atomic E-state index is -0.648.